The largest absolute Gasteiger partial charge is 0.502 e. The first-order valence-corrected chi connectivity index (χ1v) is 15.9. The molecule has 2 atom stereocenters. The summed E-state index contributed by atoms with van der Waals surface area (Å²) in [6, 6.07) is 0. The summed E-state index contributed by atoms with van der Waals surface area (Å²) in [5.41, 5.74) is 0. The molecule has 40 heavy (non-hydrogen) atoms. The number of ether oxygens (including phenoxy) is 7. The Bertz CT molecular complexity index is 525. The van der Waals surface area contributed by atoms with Crippen LogP contribution < -0.4 is 0 Å². The molecule has 0 amide bonds. The minimum absolute atomic E-state index is 0.205. The highest BCUT2D eigenvalue weighted by atomic mass is 16.9. The number of hydrogen-bond donors (Lipinski definition) is 0. The Kier molecular flexibility index (Phi) is 29.4. The van der Waals surface area contributed by atoms with Crippen molar-refractivity contribution in [3.8, 4) is 0 Å². The van der Waals surface area contributed by atoms with Gasteiger partial charge < -0.3 is 33.2 Å². The van der Waals surface area contributed by atoms with Gasteiger partial charge in [0.05, 0.1) is 12.9 Å². The second kappa shape index (κ2) is 28.4. The van der Waals surface area contributed by atoms with E-state index >= 15 is 0 Å². The van der Waals surface area contributed by atoms with Crippen molar-refractivity contribution in [1.29, 1.82) is 0 Å². The molecule has 0 aromatic rings. The molecule has 0 rings (SSSR count). The molecule has 0 aliphatic rings. The minimum atomic E-state index is -1.09. The molecular weight excluding hydrogens is 508 g/mol. The molecule has 0 aromatic heterocycles. The maximum atomic E-state index is 5.65. The molecule has 0 fully saturated rings. The van der Waals surface area contributed by atoms with Gasteiger partial charge >= 0.3 is 5.97 Å². The van der Waals surface area contributed by atoms with Crippen molar-refractivity contribution >= 4 is 0 Å². The van der Waals surface area contributed by atoms with Crippen LogP contribution in [0.2, 0.25) is 0 Å². The van der Waals surface area contributed by atoms with E-state index in [1.165, 1.54) is 70.6 Å². The standard InChI is InChI=1S/C19H38O3.C14H30O4/c1-6-8-9-10-11-12-14-18(19(3,20-4)21-5)15-13-17-22-16-7-2;1-6-7-8-9-10-11-12-13(15-2)14(16-3,17-4)18-5/h7,16,18H,6,8-15,17H2,1-5H3;13H,6-12H2,1-5H3. The van der Waals surface area contributed by atoms with Crippen LogP contribution in [0.4, 0.5) is 0 Å². The van der Waals surface area contributed by atoms with Gasteiger partial charge in [0.1, 0.15) is 6.10 Å². The lowest BCUT2D eigenvalue weighted by Gasteiger charge is -2.35. The number of allylic oxidation sites excluding steroid dienone is 1. The van der Waals surface area contributed by atoms with Crippen LogP contribution in [-0.4, -0.2) is 67.1 Å². The fourth-order valence-corrected chi connectivity index (χ4v) is 5.03. The van der Waals surface area contributed by atoms with Crippen LogP contribution in [0.25, 0.3) is 0 Å². The summed E-state index contributed by atoms with van der Waals surface area (Å²) in [7, 11) is 9.86. The van der Waals surface area contributed by atoms with E-state index in [2.05, 4.69) is 20.8 Å². The molecular formula is C33H68O7. The number of hydrogen-bond acceptors (Lipinski definition) is 7. The maximum absolute atomic E-state index is 5.65. The van der Waals surface area contributed by atoms with Crippen LogP contribution in [0.1, 0.15) is 130 Å². The zero-order valence-electron chi connectivity index (χ0n) is 28.2. The fraction of sp³-hybridized carbons (Fsp3) is 0.939. The van der Waals surface area contributed by atoms with Crippen LogP contribution in [0, 0.1) is 5.92 Å². The maximum Gasteiger partial charge on any atom is 0.310 e. The predicted octanol–water partition coefficient (Wildman–Crippen LogP) is 9.04. The summed E-state index contributed by atoms with van der Waals surface area (Å²) in [6.45, 7) is 9.27. The Balaban J connectivity index is 0. The molecule has 0 aliphatic heterocycles. The first kappa shape index (κ1) is 41.4. The van der Waals surface area contributed by atoms with Crippen molar-refractivity contribution in [2.24, 2.45) is 5.92 Å². The molecule has 0 saturated carbocycles. The highest BCUT2D eigenvalue weighted by Gasteiger charge is 2.40. The molecule has 0 aliphatic carbocycles. The summed E-state index contributed by atoms with van der Waals surface area (Å²) in [5.74, 6) is -1.15. The lowest BCUT2D eigenvalue weighted by Crippen LogP contribution is -2.48. The molecule has 0 radical (unpaired) electrons. The van der Waals surface area contributed by atoms with Crippen molar-refractivity contribution in [1.82, 2.24) is 0 Å². The first-order valence-electron chi connectivity index (χ1n) is 15.9. The van der Waals surface area contributed by atoms with Crippen molar-refractivity contribution in [3.05, 3.63) is 12.3 Å². The Morgan fingerprint density at radius 2 is 1.02 bits per heavy atom. The normalized spacial score (nSPS) is 13.8. The second-order valence-electron chi connectivity index (χ2n) is 10.7. The molecule has 242 valence electrons. The molecule has 0 heterocycles. The lowest BCUT2D eigenvalue weighted by atomic mass is 9.88. The number of methoxy groups -OCH3 is 6. The molecule has 0 saturated heterocycles. The van der Waals surface area contributed by atoms with E-state index in [4.69, 9.17) is 33.2 Å². The van der Waals surface area contributed by atoms with Gasteiger partial charge in [0.2, 0.25) is 0 Å². The summed E-state index contributed by atoms with van der Waals surface area (Å²) in [5, 5.41) is 0. The summed E-state index contributed by atoms with van der Waals surface area (Å²) in [4.78, 5) is 0. The molecule has 0 bridgehead atoms. The molecule has 2 unspecified atom stereocenters. The van der Waals surface area contributed by atoms with Gasteiger partial charge in [-0.1, -0.05) is 97.0 Å². The van der Waals surface area contributed by atoms with Gasteiger partial charge in [-0.15, -0.1) is 0 Å². The smallest absolute Gasteiger partial charge is 0.310 e. The molecule has 0 N–H and O–H groups in total. The topological polar surface area (TPSA) is 64.6 Å². The number of unbranched alkanes of at least 4 members (excludes halogenated alkanes) is 10. The van der Waals surface area contributed by atoms with E-state index in [0.29, 0.717) is 5.92 Å². The van der Waals surface area contributed by atoms with Crippen molar-refractivity contribution in [2.75, 3.05) is 49.3 Å². The molecule has 0 spiro atoms. The zero-order valence-corrected chi connectivity index (χ0v) is 28.2. The highest BCUT2D eigenvalue weighted by molar-refractivity contribution is 4.76. The Hall–Kier alpha value is -0.700. The average Bonchev–Trinajstić information content (AvgIpc) is 2.99. The van der Waals surface area contributed by atoms with Gasteiger partial charge in [-0.05, 0) is 39.5 Å². The quantitative estimate of drug-likeness (QED) is 0.0549. The third-order valence-corrected chi connectivity index (χ3v) is 7.86. The average molecular weight is 577 g/mol. The third-order valence-electron chi connectivity index (χ3n) is 7.86. The molecule has 7 nitrogen and oxygen atoms in total. The predicted molar refractivity (Wildman–Crippen MR) is 166 cm³/mol. The van der Waals surface area contributed by atoms with E-state index in [1.54, 1.807) is 48.9 Å². The highest BCUT2D eigenvalue weighted by Crippen LogP contribution is 2.31. The Labute approximate surface area is 249 Å². The van der Waals surface area contributed by atoms with Crippen LogP contribution >= 0.6 is 0 Å². The van der Waals surface area contributed by atoms with Gasteiger partial charge in [0, 0.05) is 48.6 Å². The minimum Gasteiger partial charge on any atom is -0.502 e. The van der Waals surface area contributed by atoms with Crippen LogP contribution in [0.3, 0.4) is 0 Å². The third kappa shape index (κ3) is 18.7. The Morgan fingerprint density at radius 1 is 0.575 bits per heavy atom. The summed E-state index contributed by atoms with van der Waals surface area (Å²) in [6.07, 6.45) is 23.1. The first-order chi connectivity index (χ1) is 19.3. The van der Waals surface area contributed by atoms with Gasteiger partial charge in [0.15, 0.2) is 5.79 Å². The second-order valence-corrected chi connectivity index (χ2v) is 10.7. The SMILES string of the molecule is CC=COCCCC(CCCCCCCC)C(C)(OC)OC.CCCCCCCCC(OC)C(OC)(OC)OC. The monoisotopic (exact) mass is 576 g/mol. The van der Waals surface area contributed by atoms with E-state index in [1.807, 2.05) is 13.0 Å². The van der Waals surface area contributed by atoms with Gasteiger partial charge in [-0.2, -0.15) is 0 Å². The van der Waals surface area contributed by atoms with E-state index in [-0.39, 0.29) is 6.10 Å². The van der Waals surface area contributed by atoms with E-state index in [0.717, 1.165) is 38.7 Å². The van der Waals surface area contributed by atoms with Crippen molar-refractivity contribution in [3.63, 3.8) is 0 Å². The van der Waals surface area contributed by atoms with Crippen molar-refractivity contribution in [2.45, 2.75) is 148 Å². The lowest BCUT2D eigenvalue weighted by molar-refractivity contribution is -0.391. The van der Waals surface area contributed by atoms with Gasteiger partial charge in [-0.25, -0.2) is 0 Å². The Morgan fingerprint density at radius 3 is 1.45 bits per heavy atom. The van der Waals surface area contributed by atoms with Crippen LogP contribution in [0.15, 0.2) is 12.3 Å². The molecule has 0 aromatic carbocycles. The van der Waals surface area contributed by atoms with Crippen molar-refractivity contribution < 1.29 is 33.2 Å². The van der Waals surface area contributed by atoms with Crippen LogP contribution in [-0.2, 0) is 33.2 Å². The van der Waals surface area contributed by atoms with E-state index in [9.17, 15) is 0 Å². The summed E-state index contributed by atoms with van der Waals surface area (Å²) < 4.78 is 38.1. The van der Waals surface area contributed by atoms with Crippen LogP contribution in [0.5, 0.6) is 0 Å². The van der Waals surface area contributed by atoms with E-state index < -0.39 is 11.8 Å². The number of rotatable bonds is 27. The zero-order chi connectivity index (χ0) is 30.5. The fourth-order valence-electron chi connectivity index (χ4n) is 5.03. The molecule has 7 heteroatoms. The van der Waals surface area contributed by atoms with Gasteiger partial charge in [-0.3, -0.25) is 0 Å². The van der Waals surface area contributed by atoms with Gasteiger partial charge in [0.25, 0.3) is 0 Å². The summed E-state index contributed by atoms with van der Waals surface area (Å²) >= 11 is 0.